The molecule has 1 heterocycles. The molecule has 1 aromatic rings. The van der Waals surface area contributed by atoms with Crippen molar-refractivity contribution in [1.29, 1.82) is 0 Å². The van der Waals surface area contributed by atoms with Crippen LogP contribution in [0.4, 0.5) is 0 Å². The van der Waals surface area contributed by atoms with Gasteiger partial charge in [-0.1, -0.05) is 11.6 Å². The lowest BCUT2D eigenvalue weighted by molar-refractivity contribution is -0.141. The molecule has 0 saturated carbocycles. The molecule has 6 heteroatoms. The maximum atomic E-state index is 11.7. The lowest BCUT2D eigenvalue weighted by Gasteiger charge is -2.17. The van der Waals surface area contributed by atoms with Gasteiger partial charge < -0.3 is 10.4 Å². The van der Waals surface area contributed by atoms with E-state index in [0.29, 0.717) is 5.56 Å². The van der Waals surface area contributed by atoms with E-state index < -0.39 is 17.9 Å². The van der Waals surface area contributed by atoms with Crippen LogP contribution in [-0.4, -0.2) is 28.0 Å². The van der Waals surface area contributed by atoms with Crippen molar-refractivity contribution in [2.45, 2.75) is 19.9 Å². The van der Waals surface area contributed by atoms with Gasteiger partial charge in [-0.15, -0.1) is 0 Å². The van der Waals surface area contributed by atoms with Crippen molar-refractivity contribution in [3.63, 3.8) is 0 Å². The number of aliphatic carboxylic acids is 1. The van der Waals surface area contributed by atoms with Crippen LogP contribution in [0.15, 0.2) is 18.3 Å². The molecule has 0 spiro atoms. The van der Waals surface area contributed by atoms with E-state index in [-0.39, 0.29) is 11.1 Å². The molecule has 0 saturated heterocycles. The van der Waals surface area contributed by atoms with Gasteiger partial charge >= 0.3 is 5.97 Å². The number of carbonyl (C=O) groups excluding carboxylic acids is 1. The first-order valence-electron chi connectivity index (χ1n) is 5.07. The largest absolute Gasteiger partial charge is 0.481 e. The number of pyridine rings is 1. The van der Waals surface area contributed by atoms with Gasteiger partial charge in [-0.05, 0) is 26.0 Å². The molecule has 0 radical (unpaired) electrons. The number of carboxylic acid groups (broad SMARTS) is 1. The number of carboxylic acids is 1. The first-order valence-corrected chi connectivity index (χ1v) is 5.45. The third-order valence-corrected chi connectivity index (χ3v) is 2.69. The van der Waals surface area contributed by atoms with E-state index in [4.69, 9.17) is 16.7 Å². The van der Waals surface area contributed by atoms with Crippen LogP contribution >= 0.6 is 11.6 Å². The zero-order valence-corrected chi connectivity index (χ0v) is 10.2. The zero-order chi connectivity index (χ0) is 13.0. The van der Waals surface area contributed by atoms with Gasteiger partial charge in [0.25, 0.3) is 5.91 Å². The number of halogens is 1. The number of aromatic nitrogens is 1. The summed E-state index contributed by atoms with van der Waals surface area (Å²) in [5, 5.41) is 11.6. The van der Waals surface area contributed by atoms with Crippen LogP contribution in [0.1, 0.15) is 24.2 Å². The van der Waals surface area contributed by atoms with E-state index in [2.05, 4.69) is 10.3 Å². The van der Waals surface area contributed by atoms with Crippen LogP contribution in [0, 0.1) is 5.92 Å². The average molecular weight is 257 g/mol. The van der Waals surface area contributed by atoms with E-state index in [0.717, 1.165) is 0 Å². The number of carbonyl (C=O) groups is 2. The molecular weight excluding hydrogens is 244 g/mol. The predicted molar refractivity (Wildman–Crippen MR) is 63.0 cm³/mol. The topological polar surface area (TPSA) is 79.3 Å². The first-order chi connectivity index (χ1) is 7.91. The summed E-state index contributed by atoms with van der Waals surface area (Å²) in [7, 11) is 0. The van der Waals surface area contributed by atoms with Gasteiger partial charge in [-0.3, -0.25) is 9.59 Å². The highest BCUT2D eigenvalue weighted by Gasteiger charge is 2.21. The van der Waals surface area contributed by atoms with Crippen molar-refractivity contribution in [3.8, 4) is 0 Å². The Morgan fingerprint density at radius 2 is 2.12 bits per heavy atom. The molecule has 0 bridgehead atoms. The summed E-state index contributed by atoms with van der Waals surface area (Å²) < 4.78 is 0. The number of nitrogens with zero attached hydrogens (tertiary/aromatic N) is 1. The minimum Gasteiger partial charge on any atom is -0.481 e. The smallest absolute Gasteiger partial charge is 0.308 e. The molecule has 1 amide bonds. The SMILES string of the molecule is CC(NC(=O)c1ccnc(Cl)c1)C(C)C(=O)O. The van der Waals surface area contributed by atoms with Crippen LogP contribution in [0.25, 0.3) is 0 Å². The second-order valence-corrected chi connectivity index (χ2v) is 4.14. The summed E-state index contributed by atoms with van der Waals surface area (Å²) in [6.07, 6.45) is 1.42. The Bertz CT molecular complexity index is 436. The Morgan fingerprint density at radius 1 is 1.47 bits per heavy atom. The molecule has 2 atom stereocenters. The second kappa shape index (κ2) is 5.63. The van der Waals surface area contributed by atoms with Gasteiger partial charge in [0.15, 0.2) is 0 Å². The highest BCUT2D eigenvalue weighted by molar-refractivity contribution is 6.29. The van der Waals surface area contributed by atoms with Crippen molar-refractivity contribution >= 4 is 23.5 Å². The Labute approximate surface area is 104 Å². The van der Waals surface area contributed by atoms with Crippen molar-refractivity contribution in [2.75, 3.05) is 0 Å². The molecule has 0 aliphatic heterocycles. The molecule has 0 aliphatic carbocycles. The molecule has 0 aromatic carbocycles. The molecule has 2 unspecified atom stereocenters. The van der Waals surface area contributed by atoms with Crippen LogP contribution in [0.2, 0.25) is 5.15 Å². The molecule has 17 heavy (non-hydrogen) atoms. The molecule has 1 rings (SSSR count). The van der Waals surface area contributed by atoms with Crippen molar-refractivity contribution in [2.24, 2.45) is 5.92 Å². The Hall–Kier alpha value is -1.62. The molecule has 92 valence electrons. The summed E-state index contributed by atoms with van der Waals surface area (Å²) in [5.41, 5.74) is 0.356. The number of rotatable bonds is 4. The standard InChI is InChI=1S/C11H13ClN2O3/c1-6(11(16)17)7(2)14-10(15)8-3-4-13-9(12)5-8/h3-7H,1-2H3,(H,14,15)(H,16,17). The van der Waals surface area contributed by atoms with Gasteiger partial charge in [-0.25, -0.2) is 4.98 Å². The maximum absolute atomic E-state index is 11.7. The normalized spacial score (nSPS) is 13.8. The quantitative estimate of drug-likeness (QED) is 0.802. The van der Waals surface area contributed by atoms with Crippen molar-refractivity contribution in [1.82, 2.24) is 10.3 Å². The van der Waals surface area contributed by atoms with Gasteiger partial charge in [0.1, 0.15) is 5.15 Å². The second-order valence-electron chi connectivity index (χ2n) is 3.76. The van der Waals surface area contributed by atoms with Crippen LogP contribution in [0.3, 0.4) is 0 Å². The average Bonchev–Trinajstić information content (AvgIpc) is 2.27. The third kappa shape index (κ3) is 3.71. The van der Waals surface area contributed by atoms with E-state index in [1.165, 1.54) is 25.3 Å². The zero-order valence-electron chi connectivity index (χ0n) is 9.48. The van der Waals surface area contributed by atoms with Crippen LogP contribution in [0.5, 0.6) is 0 Å². The van der Waals surface area contributed by atoms with Crippen molar-refractivity contribution < 1.29 is 14.7 Å². The predicted octanol–water partition coefficient (Wildman–Crippen LogP) is 1.57. The molecule has 2 N–H and O–H groups in total. The number of hydrogen-bond donors (Lipinski definition) is 2. The minimum absolute atomic E-state index is 0.219. The molecular formula is C11H13ClN2O3. The molecule has 0 aliphatic rings. The third-order valence-electron chi connectivity index (χ3n) is 2.49. The van der Waals surface area contributed by atoms with E-state index >= 15 is 0 Å². The fourth-order valence-corrected chi connectivity index (χ4v) is 1.35. The summed E-state index contributed by atoms with van der Waals surface area (Å²) in [4.78, 5) is 26.2. The van der Waals surface area contributed by atoms with E-state index in [1.807, 2.05) is 0 Å². The highest BCUT2D eigenvalue weighted by atomic mass is 35.5. The van der Waals surface area contributed by atoms with Gasteiger partial charge in [0, 0.05) is 17.8 Å². The Balaban J connectivity index is 2.70. The van der Waals surface area contributed by atoms with E-state index in [1.54, 1.807) is 6.92 Å². The summed E-state index contributed by atoms with van der Waals surface area (Å²) >= 11 is 5.65. The van der Waals surface area contributed by atoms with Gasteiger partial charge in [0.2, 0.25) is 0 Å². The Kier molecular flexibility index (Phi) is 4.45. The monoisotopic (exact) mass is 256 g/mol. The molecule has 1 aromatic heterocycles. The number of nitrogens with one attached hydrogen (secondary N) is 1. The maximum Gasteiger partial charge on any atom is 0.308 e. The fourth-order valence-electron chi connectivity index (χ4n) is 1.17. The number of amides is 1. The Morgan fingerprint density at radius 3 is 2.65 bits per heavy atom. The van der Waals surface area contributed by atoms with Crippen molar-refractivity contribution in [3.05, 3.63) is 29.0 Å². The summed E-state index contributed by atoms with van der Waals surface area (Å²) in [6.45, 7) is 3.17. The molecule has 0 fully saturated rings. The lowest BCUT2D eigenvalue weighted by atomic mass is 10.0. The lowest BCUT2D eigenvalue weighted by Crippen LogP contribution is -2.40. The fraction of sp³-hybridized carbons (Fsp3) is 0.364. The van der Waals surface area contributed by atoms with Crippen LogP contribution < -0.4 is 5.32 Å². The highest BCUT2D eigenvalue weighted by Crippen LogP contribution is 2.08. The minimum atomic E-state index is -0.953. The van der Waals surface area contributed by atoms with Gasteiger partial charge in [-0.2, -0.15) is 0 Å². The summed E-state index contributed by atoms with van der Waals surface area (Å²) in [6, 6.07) is 2.47. The summed E-state index contributed by atoms with van der Waals surface area (Å²) in [5.74, 6) is -1.98. The van der Waals surface area contributed by atoms with Crippen LogP contribution in [-0.2, 0) is 4.79 Å². The van der Waals surface area contributed by atoms with E-state index in [9.17, 15) is 9.59 Å². The molecule has 5 nitrogen and oxygen atoms in total. The number of hydrogen-bond acceptors (Lipinski definition) is 3. The van der Waals surface area contributed by atoms with Gasteiger partial charge in [0.05, 0.1) is 5.92 Å². The first kappa shape index (κ1) is 13.4.